The molecule has 1 atom stereocenters. The number of esters is 1. The van der Waals surface area contributed by atoms with Crippen LogP contribution in [0.1, 0.15) is 23.0 Å². The number of ether oxygens (including phenoxy) is 1. The summed E-state index contributed by atoms with van der Waals surface area (Å²) in [6.45, 7) is 2.04. The van der Waals surface area contributed by atoms with Crippen LogP contribution in [-0.4, -0.2) is 19.1 Å². The van der Waals surface area contributed by atoms with E-state index in [1.165, 1.54) is 7.11 Å². The maximum Gasteiger partial charge on any atom is 0.339 e. The Morgan fingerprint density at radius 3 is 2.79 bits per heavy atom. The van der Waals surface area contributed by atoms with Gasteiger partial charge < -0.3 is 14.5 Å². The zero-order valence-electron chi connectivity index (χ0n) is 11.1. The minimum atomic E-state index is -0.340. The van der Waals surface area contributed by atoms with Crippen molar-refractivity contribution in [1.82, 2.24) is 0 Å². The quantitative estimate of drug-likeness (QED) is 0.838. The van der Waals surface area contributed by atoms with Crippen molar-refractivity contribution in [3.05, 3.63) is 54.0 Å². The number of rotatable bonds is 5. The molecule has 4 heteroatoms. The van der Waals surface area contributed by atoms with E-state index in [9.17, 15) is 4.79 Å². The summed E-state index contributed by atoms with van der Waals surface area (Å²) in [5.41, 5.74) is 1.31. The van der Waals surface area contributed by atoms with E-state index in [-0.39, 0.29) is 12.0 Å². The van der Waals surface area contributed by atoms with Crippen LogP contribution in [-0.2, 0) is 11.2 Å². The molecule has 0 saturated carbocycles. The van der Waals surface area contributed by atoms with Crippen LogP contribution in [0.3, 0.4) is 0 Å². The van der Waals surface area contributed by atoms with E-state index in [1.54, 1.807) is 12.3 Å². The number of hydrogen-bond acceptors (Lipinski definition) is 4. The maximum absolute atomic E-state index is 11.7. The monoisotopic (exact) mass is 259 g/mol. The highest BCUT2D eigenvalue weighted by Gasteiger charge is 2.13. The number of nitrogens with one attached hydrogen (secondary N) is 1. The van der Waals surface area contributed by atoms with Crippen molar-refractivity contribution in [2.24, 2.45) is 0 Å². The van der Waals surface area contributed by atoms with E-state index in [4.69, 9.17) is 9.15 Å². The van der Waals surface area contributed by atoms with E-state index in [1.807, 2.05) is 37.3 Å². The molecule has 1 unspecified atom stereocenters. The lowest BCUT2D eigenvalue weighted by Crippen LogP contribution is -2.19. The number of carbonyl (C=O) groups is 1. The van der Waals surface area contributed by atoms with E-state index < -0.39 is 0 Å². The largest absolute Gasteiger partial charge is 0.469 e. The summed E-state index contributed by atoms with van der Waals surface area (Å²) in [7, 11) is 1.38. The Balaban J connectivity index is 2.08. The van der Waals surface area contributed by atoms with Gasteiger partial charge in [0.05, 0.1) is 18.9 Å². The van der Waals surface area contributed by atoms with Gasteiger partial charge in [-0.15, -0.1) is 0 Å². The topological polar surface area (TPSA) is 51.5 Å². The Labute approximate surface area is 112 Å². The molecule has 2 rings (SSSR count). The molecule has 1 aromatic carbocycles. The Bertz CT molecular complexity index is 534. The van der Waals surface area contributed by atoms with Crippen molar-refractivity contribution in [3.8, 4) is 0 Å². The summed E-state index contributed by atoms with van der Waals surface area (Å²) in [5.74, 6) is 0.573. The second kappa shape index (κ2) is 6.09. The molecule has 0 radical (unpaired) electrons. The van der Waals surface area contributed by atoms with Crippen molar-refractivity contribution in [2.75, 3.05) is 12.4 Å². The molecule has 0 spiro atoms. The van der Waals surface area contributed by atoms with Crippen molar-refractivity contribution in [3.63, 3.8) is 0 Å². The molecule has 0 bridgehead atoms. The highest BCUT2D eigenvalue weighted by molar-refractivity contribution is 5.95. The molecule has 19 heavy (non-hydrogen) atoms. The van der Waals surface area contributed by atoms with Crippen LogP contribution in [0.2, 0.25) is 0 Å². The van der Waals surface area contributed by atoms with Gasteiger partial charge in [0.2, 0.25) is 0 Å². The van der Waals surface area contributed by atoms with E-state index in [2.05, 4.69) is 5.32 Å². The third kappa shape index (κ3) is 3.37. The predicted molar refractivity (Wildman–Crippen MR) is 73.3 cm³/mol. The minimum absolute atomic E-state index is 0.150. The molecule has 100 valence electrons. The van der Waals surface area contributed by atoms with Crippen molar-refractivity contribution in [2.45, 2.75) is 19.4 Å². The first-order chi connectivity index (χ1) is 9.20. The summed E-state index contributed by atoms with van der Waals surface area (Å²) in [6, 6.07) is 11.3. The minimum Gasteiger partial charge on any atom is -0.469 e. The fraction of sp³-hybridized carbons (Fsp3) is 0.267. The Morgan fingerprint density at radius 2 is 2.11 bits per heavy atom. The third-order valence-electron chi connectivity index (χ3n) is 2.82. The average molecular weight is 259 g/mol. The average Bonchev–Trinajstić information content (AvgIpc) is 2.91. The molecule has 1 N–H and O–H groups in total. The van der Waals surface area contributed by atoms with Crippen LogP contribution >= 0.6 is 0 Å². The van der Waals surface area contributed by atoms with Gasteiger partial charge in [0.15, 0.2) is 0 Å². The van der Waals surface area contributed by atoms with Gasteiger partial charge in [-0.1, -0.05) is 12.1 Å². The summed E-state index contributed by atoms with van der Waals surface area (Å²) < 4.78 is 10.1. The third-order valence-corrected chi connectivity index (χ3v) is 2.82. The van der Waals surface area contributed by atoms with Gasteiger partial charge in [0.1, 0.15) is 5.76 Å². The van der Waals surface area contributed by atoms with Crippen LogP contribution in [0.15, 0.2) is 47.1 Å². The van der Waals surface area contributed by atoms with Crippen LogP contribution < -0.4 is 5.32 Å². The lowest BCUT2D eigenvalue weighted by atomic mass is 10.1. The SMILES string of the molecule is COC(=O)c1ccccc1NC(C)Cc1ccco1. The Kier molecular flexibility index (Phi) is 4.23. The highest BCUT2D eigenvalue weighted by Crippen LogP contribution is 2.18. The van der Waals surface area contributed by atoms with Gasteiger partial charge >= 0.3 is 5.97 Å². The van der Waals surface area contributed by atoms with Gasteiger partial charge in [-0.2, -0.15) is 0 Å². The molecule has 0 aliphatic carbocycles. The van der Waals surface area contributed by atoms with Crippen LogP contribution in [0, 0.1) is 0 Å². The molecule has 4 nitrogen and oxygen atoms in total. The fourth-order valence-corrected chi connectivity index (χ4v) is 1.94. The second-order valence-corrected chi connectivity index (χ2v) is 4.37. The summed E-state index contributed by atoms with van der Waals surface area (Å²) in [6.07, 6.45) is 2.41. The van der Waals surface area contributed by atoms with Crippen LogP contribution in [0.5, 0.6) is 0 Å². The molecule has 1 aromatic heterocycles. The van der Waals surface area contributed by atoms with E-state index in [0.717, 1.165) is 17.9 Å². The lowest BCUT2D eigenvalue weighted by Gasteiger charge is -2.16. The lowest BCUT2D eigenvalue weighted by molar-refractivity contribution is 0.0602. The van der Waals surface area contributed by atoms with Crippen molar-refractivity contribution >= 4 is 11.7 Å². The first-order valence-corrected chi connectivity index (χ1v) is 6.17. The smallest absolute Gasteiger partial charge is 0.339 e. The molecular formula is C15H17NO3. The molecule has 0 saturated heterocycles. The zero-order chi connectivity index (χ0) is 13.7. The Hall–Kier alpha value is -2.23. The summed E-state index contributed by atoms with van der Waals surface area (Å²) in [5, 5.41) is 3.30. The summed E-state index contributed by atoms with van der Waals surface area (Å²) >= 11 is 0. The molecule has 0 aliphatic rings. The standard InChI is InChI=1S/C15H17NO3/c1-11(10-12-6-5-9-19-12)16-14-8-4-3-7-13(14)15(17)18-2/h3-9,11,16H,10H2,1-2H3. The number of benzene rings is 1. The Morgan fingerprint density at radius 1 is 1.32 bits per heavy atom. The van der Waals surface area contributed by atoms with Gasteiger partial charge in [-0.3, -0.25) is 0 Å². The van der Waals surface area contributed by atoms with Gasteiger partial charge in [0.25, 0.3) is 0 Å². The summed E-state index contributed by atoms with van der Waals surface area (Å²) in [4.78, 5) is 11.7. The van der Waals surface area contributed by atoms with E-state index in [0.29, 0.717) is 5.56 Å². The van der Waals surface area contributed by atoms with Gasteiger partial charge in [-0.25, -0.2) is 4.79 Å². The number of furan rings is 1. The zero-order valence-corrected chi connectivity index (χ0v) is 11.1. The van der Waals surface area contributed by atoms with E-state index >= 15 is 0 Å². The second-order valence-electron chi connectivity index (χ2n) is 4.37. The van der Waals surface area contributed by atoms with Crippen LogP contribution in [0.25, 0.3) is 0 Å². The van der Waals surface area contributed by atoms with Gasteiger partial charge in [-0.05, 0) is 31.2 Å². The maximum atomic E-state index is 11.7. The molecule has 2 aromatic rings. The molecule has 0 fully saturated rings. The first-order valence-electron chi connectivity index (χ1n) is 6.17. The molecular weight excluding hydrogens is 242 g/mol. The fourth-order valence-electron chi connectivity index (χ4n) is 1.94. The number of anilines is 1. The molecule has 0 aliphatic heterocycles. The molecule has 1 heterocycles. The van der Waals surface area contributed by atoms with Crippen molar-refractivity contribution < 1.29 is 13.9 Å². The number of hydrogen-bond donors (Lipinski definition) is 1. The van der Waals surface area contributed by atoms with Crippen LogP contribution in [0.4, 0.5) is 5.69 Å². The number of para-hydroxylation sites is 1. The highest BCUT2D eigenvalue weighted by atomic mass is 16.5. The number of carbonyl (C=O) groups excluding carboxylic acids is 1. The van der Waals surface area contributed by atoms with Crippen molar-refractivity contribution in [1.29, 1.82) is 0 Å². The first kappa shape index (κ1) is 13.2. The number of methoxy groups -OCH3 is 1. The normalized spacial score (nSPS) is 11.9. The predicted octanol–water partition coefficient (Wildman–Crippen LogP) is 3.11. The van der Waals surface area contributed by atoms with Gasteiger partial charge in [0, 0.05) is 18.2 Å². The molecule has 0 amide bonds.